The number of anilines is 1. The van der Waals surface area contributed by atoms with Gasteiger partial charge in [0.2, 0.25) is 11.8 Å². The number of rotatable bonds is 4. The van der Waals surface area contributed by atoms with Crippen molar-refractivity contribution < 1.29 is 9.90 Å². The van der Waals surface area contributed by atoms with Crippen LogP contribution in [0.25, 0.3) is 0 Å². The first-order valence-corrected chi connectivity index (χ1v) is 10.5. The van der Waals surface area contributed by atoms with Crippen LogP contribution >= 0.6 is 11.3 Å². The van der Waals surface area contributed by atoms with Crippen molar-refractivity contribution in [1.29, 1.82) is 0 Å². The molecule has 1 amide bonds. The zero-order valence-electron chi connectivity index (χ0n) is 15.1. The van der Waals surface area contributed by atoms with Crippen LogP contribution in [0, 0.1) is 11.8 Å². The summed E-state index contributed by atoms with van der Waals surface area (Å²) in [4.78, 5) is 19.5. The number of aromatic nitrogens is 1. The summed E-state index contributed by atoms with van der Waals surface area (Å²) < 4.78 is 0. The molecule has 0 radical (unpaired) electrons. The van der Waals surface area contributed by atoms with Crippen LogP contribution in [-0.2, 0) is 24.2 Å². The molecule has 1 saturated carbocycles. The van der Waals surface area contributed by atoms with E-state index in [0.717, 1.165) is 24.5 Å². The van der Waals surface area contributed by atoms with Gasteiger partial charge in [-0.2, -0.15) is 4.98 Å². The summed E-state index contributed by atoms with van der Waals surface area (Å²) in [5, 5.41) is 14.4. The fraction of sp³-hybridized carbons (Fsp3) is 0.429. The summed E-state index contributed by atoms with van der Waals surface area (Å²) in [6.07, 6.45) is 8.05. The average Bonchev–Trinajstić information content (AvgIpc) is 3.38. The molecule has 3 unspecified atom stereocenters. The molecule has 2 bridgehead atoms. The van der Waals surface area contributed by atoms with E-state index in [0.29, 0.717) is 29.3 Å². The van der Waals surface area contributed by atoms with Crippen molar-refractivity contribution >= 4 is 22.4 Å². The number of aromatic hydroxyl groups is 1. The quantitative estimate of drug-likeness (QED) is 0.797. The lowest BCUT2D eigenvalue weighted by Gasteiger charge is -2.28. The summed E-state index contributed by atoms with van der Waals surface area (Å²) in [5.41, 5.74) is 2.55. The lowest BCUT2D eigenvalue weighted by molar-refractivity contribution is -0.131. The second kappa shape index (κ2) is 6.68. The third-order valence-electron chi connectivity index (χ3n) is 6.06. The van der Waals surface area contributed by atoms with Gasteiger partial charge in [-0.3, -0.25) is 4.79 Å². The van der Waals surface area contributed by atoms with Crippen molar-refractivity contribution in [2.45, 2.75) is 38.3 Å². The molecular formula is C21H23N3O2S. The number of hydrogen-bond donors (Lipinski definition) is 2. The molecule has 27 heavy (non-hydrogen) atoms. The van der Waals surface area contributed by atoms with Gasteiger partial charge in [0, 0.05) is 19.1 Å². The van der Waals surface area contributed by atoms with Gasteiger partial charge in [0.1, 0.15) is 0 Å². The molecule has 1 aromatic carbocycles. The zero-order valence-corrected chi connectivity index (χ0v) is 15.9. The van der Waals surface area contributed by atoms with E-state index in [1.165, 1.54) is 28.9 Å². The molecule has 1 aromatic heterocycles. The van der Waals surface area contributed by atoms with Gasteiger partial charge in [-0.05, 0) is 42.2 Å². The third-order valence-corrected chi connectivity index (χ3v) is 7.04. The summed E-state index contributed by atoms with van der Waals surface area (Å²) in [6, 6.07) is 8.68. The van der Waals surface area contributed by atoms with Crippen molar-refractivity contribution in [1.82, 2.24) is 9.88 Å². The lowest BCUT2D eigenvalue weighted by Crippen LogP contribution is -2.36. The van der Waals surface area contributed by atoms with Gasteiger partial charge in [0.05, 0.1) is 11.3 Å². The minimum Gasteiger partial charge on any atom is -0.492 e. The van der Waals surface area contributed by atoms with E-state index in [1.54, 1.807) is 0 Å². The Hall–Kier alpha value is -2.34. The standard InChI is InChI=1S/C21H23N3O2S/c25-19(24-8-7-14-3-1-2-4-16(14)12-24)11-18-20(26)23-21(27-18)22-17-10-13-5-6-15(17)9-13/h1-6,13,15,17,26H,7-12H2,(H,22,23). The zero-order chi connectivity index (χ0) is 18.4. The predicted molar refractivity (Wildman–Crippen MR) is 106 cm³/mol. The molecular weight excluding hydrogens is 358 g/mol. The number of carbonyl (C=O) groups is 1. The van der Waals surface area contributed by atoms with E-state index in [9.17, 15) is 9.90 Å². The summed E-state index contributed by atoms with van der Waals surface area (Å²) in [7, 11) is 0. The van der Waals surface area contributed by atoms with Crippen molar-refractivity contribution in [3.63, 3.8) is 0 Å². The van der Waals surface area contributed by atoms with Crippen LogP contribution in [0.4, 0.5) is 5.13 Å². The van der Waals surface area contributed by atoms with Crippen molar-refractivity contribution in [2.75, 3.05) is 11.9 Å². The molecule has 5 rings (SSSR count). The van der Waals surface area contributed by atoms with Crippen LogP contribution in [0.3, 0.4) is 0 Å². The lowest BCUT2D eigenvalue weighted by atomic mass is 10.00. The molecule has 0 spiro atoms. The maximum atomic E-state index is 12.8. The normalized spacial score (nSPS) is 25.6. The Morgan fingerprint density at radius 1 is 1.26 bits per heavy atom. The second-order valence-corrected chi connectivity index (χ2v) is 8.89. The maximum Gasteiger partial charge on any atom is 0.228 e. The first-order chi connectivity index (χ1) is 13.2. The van der Waals surface area contributed by atoms with Gasteiger partial charge in [0.15, 0.2) is 5.13 Å². The fourth-order valence-electron chi connectivity index (χ4n) is 4.58. The highest BCUT2D eigenvalue weighted by Gasteiger charge is 2.36. The molecule has 5 nitrogen and oxygen atoms in total. The first-order valence-electron chi connectivity index (χ1n) is 9.64. The number of hydrogen-bond acceptors (Lipinski definition) is 5. The van der Waals surface area contributed by atoms with Gasteiger partial charge in [-0.15, -0.1) is 0 Å². The van der Waals surface area contributed by atoms with E-state index in [1.807, 2.05) is 17.0 Å². The fourth-order valence-corrected chi connectivity index (χ4v) is 5.49. The van der Waals surface area contributed by atoms with Crippen LogP contribution in [0.2, 0.25) is 0 Å². The smallest absolute Gasteiger partial charge is 0.228 e. The minimum atomic E-state index is -0.00745. The van der Waals surface area contributed by atoms with Gasteiger partial charge < -0.3 is 15.3 Å². The van der Waals surface area contributed by atoms with Gasteiger partial charge in [-0.25, -0.2) is 0 Å². The molecule has 0 saturated heterocycles. The van der Waals surface area contributed by atoms with E-state index in [4.69, 9.17) is 0 Å². The summed E-state index contributed by atoms with van der Waals surface area (Å²) in [6.45, 7) is 1.38. The van der Waals surface area contributed by atoms with E-state index in [-0.39, 0.29) is 18.2 Å². The minimum absolute atomic E-state index is 0.00745. The molecule has 140 valence electrons. The number of carbonyl (C=O) groups excluding carboxylic acids is 1. The monoisotopic (exact) mass is 381 g/mol. The Morgan fingerprint density at radius 3 is 2.89 bits per heavy atom. The predicted octanol–water partition coefficient (Wildman–Crippen LogP) is 3.35. The Morgan fingerprint density at radius 2 is 2.11 bits per heavy atom. The molecule has 2 aromatic rings. The summed E-state index contributed by atoms with van der Waals surface area (Å²) in [5.74, 6) is 1.30. The van der Waals surface area contributed by atoms with Gasteiger partial charge in [0.25, 0.3) is 0 Å². The molecule has 3 atom stereocenters. The number of benzene rings is 1. The largest absolute Gasteiger partial charge is 0.492 e. The second-order valence-electron chi connectivity index (χ2n) is 7.81. The number of allylic oxidation sites excluding steroid dienone is 1. The van der Waals surface area contributed by atoms with Gasteiger partial charge >= 0.3 is 0 Å². The van der Waals surface area contributed by atoms with E-state index < -0.39 is 0 Å². The Balaban J connectivity index is 1.24. The third kappa shape index (κ3) is 3.23. The van der Waals surface area contributed by atoms with Crippen molar-refractivity contribution in [2.24, 2.45) is 11.8 Å². The van der Waals surface area contributed by atoms with E-state index in [2.05, 4.69) is 34.6 Å². The first kappa shape index (κ1) is 16.8. The number of fused-ring (bicyclic) bond motifs is 3. The highest BCUT2D eigenvalue weighted by Crippen LogP contribution is 2.41. The maximum absolute atomic E-state index is 12.8. The molecule has 2 aliphatic carbocycles. The molecule has 1 aliphatic heterocycles. The Kier molecular flexibility index (Phi) is 4.16. The topological polar surface area (TPSA) is 65.5 Å². The van der Waals surface area contributed by atoms with Crippen LogP contribution in [0.5, 0.6) is 5.88 Å². The van der Waals surface area contributed by atoms with Crippen LogP contribution < -0.4 is 5.32 Å². The highest BCUT2D eigenvalue weighted by atomic mass is 32.1. The molecule has 6 heteroatoms. The number of amides is 1. The summed E-state index contributed by atoms with van der Waals surface area (Å²) >= 11 is 1.41. The Bertz CT molecular complexity index is 907. The number of nitrogens with one attached hydrogen (secondary N) is 1. The average molecular weight is 382 g/mol. The van der Waals surface area contributed by atoms with Crippen molar-refractivity contribution in [3.8, 4) is 5.88 Å². The number of thiazole rings is 1. The van der Waals surface area contributed by atoms with Crippen molar-refractivity contribution in [3.05, 3.63) is 52.4 Å². The number of nitrogens with zero attached hydrogens (tertiary/aromatic N) is 2. The SMILES string of the molecule is O=C(Cc1sc(NC2CC3C=CC2C3)nc1O)N1CCc2ccccc2C1. The van der Waals surface area contributed by atoms with Crippen LogP contribution in [0.1, 0.15) is 28.8 Å². The molecule has 3 aliphatic rings. The van der Waals surface area contributed by atoms with Crippen LogP contribution in [-0.4, -0.2) is 33.5 Å². The highest BCUT2D eigenvalue weighted by molar-refractivity contribution is 7.16. The Labute approximate surface area is 162 Å². The molecule has 2 heterocycles. The van der Waals surface area contributed by atoms with Gasteiger partial charge in [-0.1, -0.05) is 47.8 Å². The molecule has 2 N–H and O–H groups in total. The molecule has 1 fully saturated rings. The van der Waals surface area contributed by atoms with Crippen LogP contribution in [0.15, 0.2) is 36.4 Å². The van der Waals surface area contributed by atoms with E-state index >= 15 is 0 Å².